The van der Waals surface area contributed by atoms with Crippen LogP contribution in [-0.2, 0) is 6.37 Å². The summed E-state index contributed by atoms with van der Waals surface area (Å²) in [5, 5.41) is 1.64. The second-order valence-corrected chi connectivity index (χ2v) is 7.44. The van der Waals surface area contributed by atoms with Crippen LogP contribution in [0.1, 0.15) is 23.5 Å². The van der Waals surface area contributed by atoms with Crippen molar-refractivity contribution >= 4 is 31.5 Å². The normalized spacial score (nSPS) is 15.0. The quantitative estimate of drug-likeness (QED) is 0.333. The zero-order valence-electron chi connectivity index (χ0n) is 19.4. The van der Waals surface area contributed by atoms with E-state index in [-0.39, 0.29) is 0 Å². The van der Waals surface area contributed by atoms with E-state index in [9.17, 15) is 0 Å². The van der Waals surface area contributed by atoms with Gasteiger partial charge in [0, 0.05) is 38.8 Å². The Balaban J connectivity index is 1.74. The minimum atomic E-state index is -2.24. The molecule has 2 heterocycles. The van der Waals surface area contributed by atoms with E-state index < -0.39 is 13.2 Å². The predicted molar refractivity (Wildman–Crippen MR) is 117 cm³/mol. The summed E-state index contributed by atoms with van der Waals surface area (Å²) in [6.45, 7) is -2.24. The summed E-state index contributed by atoms with van der Waals surface area (Å²) < 4.78 is 43.3. The number of nitrogens with zero attached hydrogens (tertiary/aromatic N) is 1. The molecule has 1 nitrogen and oxygen atoms in total. The Hall–Kier alpha value is -2.97. The number of hydrogen-bond donors (Lipinski definition) is 0. The molecular weight excluding hydrogens is 346 g/mol. The zero-order valence-corrected chi connectivity index (χ0v) is 15.3. The van der Waals surface area contributed by atoms with Gasteiger partial charge in [0.15, 0.2) is 0 Å². The van der Waals surface area contributed by atoms with E-state index in [0.29, 0.717) is 22.4 Å². The standard InChI is InChI=1S/C25H19NS/c1-17-11-12-20(25-24(17)21-9-5-6-10-23(21)27-25)22-16-19(13-14-26-22)15-18-7-3-2-4-8-18/h2-14,16H,15H2,1H3/i1D3,15D2. The summed E-state index contributed by atoms with van der Waals surface area (Å²) >= 11 is 1.54. The van der Waals surface area contributed by atoms with Crippen LogP contribution in [0.15, 0.2) is 85.1 Å². The number of rotatable bonds is 3. The number of thiophene rings is 1. The summed E-state index contributed by atoms with van der Waals surface area (Å²) in [5.41, 5.74) is 2.82. The number of fused-ring (bicyclic) bond motifs is 3. The van der Waals surface area contributed by atoms with Gasteiger partial charge in [0.2, 0.25) is 0 Å². The van der Waals surface area contributed by atoms with Gasteiger partial charge in [0.05, 0.1) is 5.69 Å². The van der Waals surface area contributed by atoms with Gasteiger partial charge in [-0.15, -0.1) is 11.3 Å². The first-order chi connectivity index (χ1) is 15.3. The van der Waals surface area contributed by atoms with Crippen LogP contribution in [0, 0.1) is 6.85 Å². The lowest BCUT2D eigenvalue weighted by atomic mass is 10.00. The first-order valence-corrected chi connectivity index (χ1v) is 9.55. The highest BCUT2D eigenvalue weighted by Crippen LogP contribution is 2.41. The summed E-state index contributed by atoms with van der Waals surface area (Å²) in [4.78, 5) is 4.53. The molecule has 27 heavy (non-hydrogen) atoms. The molecule has 130 valence electrons. The Morgan fingerprint density at radius 2 is 1.78 bits per heavy atom. The van der Waals surface area contributed by atoms with Gasteiger partial charge in [-0.25, -0.2) is 0 Å². The van der Waals surface area contributed by atoms with Crippen molar-refractivity contribution in [2.45, 2.75) is 13.2 Å². The molecule has 0 aliphatic carbocycles. The van der Waals surface area contributed by atoms with Gasteiger partial charge in [0.25, 0.3) is 0 Å². The van der Waals surface area contributed by atoms with Gasteiger partial charge in [-0.05, 0) is 48.1 Å². The molecule has 0 amide bonds. The summed E-state index contributed by atoms with van der Waals surface area (Å²) in [5.74, 6) is 0. The van der Waals surface area contributed by atoms with E-state index in [2.05, 4.69) is 4.98 Å². The van der Waals surface area contributed by atoms with Gasteiger partial charge < -0.3 is 0 Å². The molecule has 0 saturated heterocycles. The molecule has 0 N–H and O–H groups in total. The van der Waals surface area contributed by atoms with Crippen molar-refractivity contribution in [2.75, 3.05) is 0 Å². The van der Waals surface area contributed by atoms with Crippen LogP contribution < -0.4 is 0 Å². The third kappa shape index (κ3) is 2.92. The van der Waals surface area contributed by atoms with E-state index in [1.807, 2.05) is 42.5 Å². The van der Waals surface area contributed by atoms with Crippen molar-refractivity contribution in [3.05, 3.63) is 102 Å². The Bertz CT molecular complexity index is 1440. The fraction of sp³-hybridized carbons (Fsp3) is 0.0800. The Labute approximate surface area is 170 Å². The number of aromatic nitrogens is 1. The highest BCUT2D eigenvalue weighted by molar-refractivity contribution is 7.26. The number of hydrogen-bond acceptors (Lipinski definition) is 2. The van der Waals surface area contributed by atoms with Crippen LogP contribution in [0.25, 0.3) is 31.4 Å². The van der Waals surface area contributed by atoms with Gasteiger partial charge in [0.1, 0.15) is 0 Å². The van der Waals surface area contributed by atoms with Crippen molar-refractivity contribution in [3.63, 3.8) is 0 Å². The molecule has 0 fully saturated rings. The summed E-state index contributed by atoms with van der Waals surface area (Å²) in [7, 11) is 0. The maximum atomic E-state index is 8.70. The maximum absolute atomic E-state index is 8.70. The topological polar surface area (TPSA) is 12.9 Å². The van der Waals surface area contributed by atoms with Crippen LogP contribution in [0.2, 0.25) is 0 Å². The van der Waals surface area contributed by atoms with Crippen LogP contribution >= 0.6 is 11.3 Å². The van der Waals surface area contributed by atoms with E-state index in [4.69, 9.17) is 6.85 Å². The number of benzene rings is 3. The lowest BCUT2D eigenvalue weighted by molar-refractivity contribution is 1.17. The van der Waals surface area contributed by atoms with E-state index in [0.717, 1.165) is 25.7 Å². The fourth-order valence-electron chi connectivity index (χ4n) is 3.37. The van der Waals surface area contributed by atoms with Gasteiger partial charge in [-0.2, -0.15) is 0 Å². The first kappa shape index (κ1) is 11.7. The number of aryl methyl sites for hydroxylation is 1. The smallest absolute Gasteiger partial charge is 0.0719 e. The Kier molecular flexibility index (Phi) is 2.87. The SMILES string of the molecule is [2H]C([2H])([2H])c1ccc(-c2cc(C([2H])([2H])c3ccccc3)ccn2)c2sc3ccccc3c12. The Morgan fingerprint density at radius 1 is 0.926 bits per heavy atom. The van der Waals surface area contributed by atoms with Gasteiger partial charge in [-0.1, -0.05) is 60.7 Å². The first-order valence-electron chi connectivity index (χ1n) is 11.2. The summed E-state index contributed by atoms with van der Waals surface area (Å²) in [6, 6.07) is 23.8. The minimum Gasteiger partial charge on any atom is -0.256 e. The minimum absolute atomic E-state index is 0.324. The predicted octanol–water partition coefficient (Wildman–Crippen LogP) is 7.02. The Morgan fingerprint density at radius 3 is 2.67 bits per heavy atom. The van der Waals surface area contributed by atoms with Gasteiger partial charge in [-0.3, -0.25) is 4.98 Å². The largest absolute Gasteiger partial charge is 0.256 e. The van der Waals surface area contributed by atoms with E-state index >= 15 is 0 Å². The van der Waals surface area contributed by atoms with Crippen molar-refractivity contribution in [1.82, 2.24) is 4.98 Å². The summed E-state index contributed by atoms with van der Waals surface area (Å²) in [6.07, 6.45) is -0.0703. The average Bonchev–Trinajstić information content (AvgIpc) is 3.18. The third-order valence-electron chi connectivity index (χ3n) is 4.62. The third-order valence-corrected chi connectivity index (χ3v) is 5.83. The molecule has 0 bridgehead atoms. The van der Waals surface area contributed by atoms with E-state index in [1.165, 1.54) is 11.3 Å². The van der Waals surface area contributed by atoms with Crippen LogP contribution in [0.5, 0.6) is 0 Å². The molecule has 0 saturated carbocycles. The second-order valence-electron chi connectivity index (χ2n) is 6.38. The fourth-order valence-corrected chi connectivity index (χ4v) is 4.62. The lowest BCUT2D eigenvalue weighted by Gasteiger charge is -2.08. The van der Waals surface area contributed by atoms with Crippen LogP contribution in [-0.4, -0.2) is 4.98 Å². The van der Waals surface area contributed by atoms with Gasteiger partial charge >= 0.3 is 0 Å². The van der Waals surface area contributed by atoms with Crippen molar-refractivity contribution in [1.29, 1.82) is 0 Å². The highest BCUT2D eigenvalue weighted by atomic mass is 32.1. The van der Waals surface area contributed by atoms with Crippen LogP contribution in [0.3, 0.4) is 0 Å². The molecule has 0 spiro atoms. The van der Waals surface area contributed by atoms with Crippen molar-refractivity contribution in [2.24, 2.45) is 0 Å². The van der Waals surface area contributed by atoms with Crippen LogP contribution in [0.4, 0.5) is 0 Å². The maximum Gasteiger partial charge on any atom is 0.0719 e. The van der Waals surface area contributed by atoms with Crippen molar-refractivity contribution in [3.8, 4) is 11.3 Å². The molecule has 0 aliphatic heterocycles. The molecule has 0 radical (unpaired) electrons. The monoisotopic (exact) mass is 370 g/mol. The van der Waals surface area contributed by atoms with Crippen molar-refractivity contribution < 1.29 is 6.85 Å². The molecule has 2 heteroatoms. The molecule has 0 unspecified atom stereocenters. The molecule has 5 aromatic rings. The molecule has 0 aliphatic rings. The molecule has 2 aromatic heterocycles. The zero-order chi connectivity index (χ0) is 22.5. The lowest BCUT2D eigenvalue weighted by Crippen LogP contribution is -1.91. The molecule has 3 aromatic carbocycles. The number of pyridine rings is 1. The average molecular weight is 371 g/mol. The highest BCUT2D eigenvalue weighted by Gasteiger charge is 2.13. The second kappa shape index (κ2) is 6.64. The molecular formula is C25H19NS. The van der Waals surface area contributed by atoms with E-state index in [1.54, 1.807) is 42.6 Å². The molecule has 5 rings (SSSR count). The molecule has 0 atom stereocenters.